The van der Waals surface area contributed by atoms with Gasteiger partial charge in [0.25, 0.3) is 0 Å². The van der Waals surface area contributed by atoms with E-state index in [9.17, 15) is 13.9 Å². The van der Waals surface area contributed by atoms with Gasteiger partial charge in [0.05, 0.1) is 5.60 Å². The molecule has 19 heavy (non-hydrogen) atoms. The summed E-state index contributed by atoms with van der Waals surface area (Å²) in [5.41, 5.74) is 0.404. The van der Waals surface area contributed by atoms with Crippen LogP contribution in [0.3, 0.4) is 0 Å². The van der Waals surface area contributed by atoms with Crippen LogP contribution >= 0.6 is 0 Å². The van der Waals surface area contributed by atoms with E-state index < -0.39 is 12.2 Å². The van der Waals surface area contributed by atoms with Crippen molar-refractivity contribution in [3.05, 3.63) is 29.8 Å². The second kappa shape index (κ2) is 6.30. The van der Waals surface area contributed by atoms with Gasteiger partial charge in [0.15, 0.2) is 0 Å². The van der Waals surface area contributed by atoms with E-state index in [1.807, 2.05) is 0 Å². The van der Waals surface area contributed by atoms with Crippen molar-refractivity contribution in [2.75, 3.05) is 6.54 Å². The van der Waals surface area contributed by atoms with E-state index in [2.05, 4.69) is 10.1 Å². The molecule has 1 aliphatic carbocycles. The summed E-state index contributed by atoms with van der Waals surface area (Å²) < 4.78 is 28.2. The lowest BCUT2D eigenvalue weighted by Gasteiger charge is -2.22. The molecular weight excluding hydrogens is 252 g/mol. The first kappa shape index (κ1) is 14.2. The van der Waals surface area contributed by atoms with Gasteiger partial charge in [-0.1, -0.05) is 25.0 Å². The highest BCUT2D eigenvalue weighted by Crippen LogP contribution is 2.28. The fourth-order valence-corrected chi connectivity index (χ4v) is 2.44. The summed E-state index contributed by atoms with van der Waals surface area (Å²) in [6.07, 6.45) is 3.86. The Kier molecular flexibility index (Phi) is 4.71. The molecular formula is C14H19F2NO2. The first-order valence-electron chi connectivity index (χ1n) is 6.54. The lowest BCUT2D eigenvalue weighted by molar-refractivity contribution is -0.0498. The van der Waals surface area contributed by atoms with Crippen molar-refractivity contribution in [3.8, 4) is 5.75 Å². The zero-order valence-electron chi connectivity index (χ0n) is 10.7. The number of halogens is 2. The topological polar surface area (TPSA) is 41.5 Å². The molecule has 0 bridgehead atoms. The second-order valence-electron chi connectivity index (χ2n) is 5.06. The average molecular weight is 271 g/mol. The van der Waals surface area contributed by atoms with E-state index in [1.54, 1.807) is 12.1 Å². The minimum Gasteiger partial charge on any atom is -0.435 e. The molecule has 2 N–H and O–H groups in total. The maximum absolute atomic E-state index is 12.0. The van der Waals surface area contributed by atoms with Gasteiger partial charge in [0.1, 0.15) is 5.75 Å². The lowest BCUT2D eigenvalue weighted by atomic mass is 10.0. The molecule has 5 heteroatoms. The zero-order valence-corrected chi connectivity index (χ0v) is 10.7. The molecule has 0 saturated heterocycles. The number of ether oxygens (including phenoxy) is 1. The van der Waals surface area contributed by atoms with Crippen LogP contribution < -0.4 is 10.1 Å². The van der Waals surface area contributed by atoms with E-state index in [-0.39, 0.29) is 5.75 Å². The summed E-state index contributed by atoms with van der Waals surface area (Å²) in [6.45, 7) is -1.61. The van der Waals surface area contributed by atoms with Crippen LogP contribution in [0.15, 0.2) is 24.3 Å². The Hall–Kier alpha value is -1.20. The quantitative estimate of drug-likeness (QED) is 0.836. The molecule has 106 valence electrons. The minimum atomic E-state index is -2.79. The molecule has 1 aromatic carbocycles. The van der Waals surface area contributed by atoms with Gasteiger partial charge in [-0.2, -0.15) is 8.78 Å². The molecule has 0 spiro atoms. The molecule has 3 nitrogen and oxygen atoms in total. The fourth-order valence-electron chi connectivity index (χ4n) is 2.44. The van der Waals surface area contributed by atoms with Crippen LogP contribution in [0.2, 0.25) is 0 Å². The van der Waals surface area contributed by atoms with Crippen LogP contribution in [0.5, 0.6) is 5.75 Å². The van der Waals surface area contributed by atoms with Crippen molar-refractivity contribution in [2.45, 2.75) is 44.4 Å². The molecule has 1 fully saturated rings. The van der Waals surface area contributed by atoms with Crippen molar-refractivity contribution in [1.29, 1.82) is 0 Å². The molecule has 0 amide bonds. The number of nitrogens with one attached hydrogen (secondary N) is 1. The largest absolute Gasteiger partial charge is 0.435 e. The van der Waals surface area contributed by atoms with Gasteiger partial charge in [-0.05, 0) is 30.5 Å². The highest BCUT2D eigenvalue weighted by Gasteiger charge is 2.30. The minimum absolute atomic E-state index is 0.160. The predicted molar refractivity (Wildman–Crippen MR) is 68.2 cm³/mol. The Morgan fingerprint density at radius 3 is 2.42 bits per heavy atom. The maximum atomic E-state index is 12.0. The Morgan fingerprint density at radius 2 is 1.84 bits per heavy atom. The van der Waals surface area contributed by atoms with E-state index in [0.29, 0.717) is 13.1 Å². The molecule has 0 aliphatic heterocycles. The highest BCUT2D eigenvalue weighted by atomic mass is 19.3. The Labute approximate surface area is 111 Å². The van der Waals surface area contributed by atoms with E-state index >= 15 is 0 Å². The Balaban J connectivity index is 1.76. The van der Waals surface area contributed by atoms with E-state index in [1.165, 1.54) is 12.1 Å². The van der Waals surface area contributed by atoms with E-state index in [4.69, 9.17) is 0 Å². The van der Waals surface area contributed by atoms with Crippen molar-refractivity contribution < 1.29 is 18.6 Å². The zero-order chi connectivity index (χ0) is 13.7. The first-order valence-corrected chi connectivity index (χ1v) is 6.54. The third-order valence-electron chi connectivity index (χ3n) is 3.47. The van der Waals surface area contributed by atoms with Crippen LogP contribution in [-0.2, 0) is 6.54 Å². The first-order chi connectivity index (χ1) is 9.07. The number of hydrogen-bond donors (Lipinski definition) is 2. The summed E-state index contributed by atoms with van der Waals surface area (Å²) in [5.74, 6) is 0.160. The highest BCUT2D eigenvalue weighted by molar-refractivity contribution is 5.27. The summed E-state index contributed by atoms with van der Waals surface area (Å²) >= 11 is 0. The van der Waals surface area contributed by atoms with Gasteiger partial charge in [0.2, 0.25) is 0 Å². The average Bonchev–Trinajstić information content (AvgIpc) is 2.78. The van der Waals surface area contributed by atoms with Gasteiger partial charge in [-0.3, -0.25) is 0 Å². The smallest absolute Gasteiger partial charge is 0.387 e. The molecule has 0 aromatic heterocycles. The van der Waals surface area contributed by atoms with Gasteiger partial charge in [-0.15, -0.1) is 0 Å². The standard InChI is InChI=1S/C14H19F2NO2/c15-13(16)19-12-5-3-11(4-6-12)9-17-10-14(18)7-1-2-8-14/h3-6,13,17-18H,1-2,7-10H2. The molecule has 2 rings (SSSR count). The number of alkyl halides is 2. The molecule has 0 radical (unpaired) electrons. The van der Waals surface area contributed by atoms with Crippen molar-refractivity contribution in [2.24, 2.45) is 0 Å². The third kappa shape index (κ3) is 4.44. The summed E-state index contributed by atoms with van der Waals surface area (Å²) in [7, 11) is 0. The molecule has 1 saturated carbocycles. The Bertz CT molecular complexity index is 389. The fraction of sp³-hybridized carbons (Fsp3) is 0.571. The van der Waals surface area contributed by atoms with Crippen LogP contribution in [0, 0.1) is 0 Å². The molecule has 1 aromatic rings. The van der Waals surface area contributed by atoms with Gasteiger partial charge < -0.3 is 15.2 Å². The van der Waals surface area contributed by atoms with Crippen LogP contribution in [0.25, 0.3) is 0 Å². The van der Waals surface area contributed by atoms with Crippen molar-refractivity contribution in [1.82, 2.24) is 5.32 Å². The van der Waals surface area contributed by atoms with Crippen LogP contribution in [-0.4, -0.2) is 23.9 Å². The lowest BCUT2D eigenvalue weighted by Crippen LogP contribution is -2.37. The number of aliphatic hydroxyl groups is 1. The number of benzene rings is 1. The predicted octanol–water partition coefficient (Wildman–Crippen LogP) is 2.68. The normalized spacial score (nSPS) is 17.9. The second-order valence-corrected chi connectivity index (χ2v) is 5.06. The van der Waals surface area contributed by atoms with Gasteiger partial charge in [-0.25, -0.2) is 0 Å². The maximum Gasteiger partial charge on any atom is 0.387 e. The van der Waals surface area contributed by atoms with Crippen molar-refractivity contribution >= 4 is 0 Å². The summed E-state index contributed by atoms with van der Waals surface area (Å²) in [5, 5.41) is 13.4. The summed E-state index contributed by atoms with van der Waals surface area (Å²) in [6, 6.07) is 6.52. The SMILES string of the molecule is OC1(CNCc2ccc(OC(F)F)cc2)CCCC1. The molecule has 1 aliphatic rings. The van der Waals surface area contributed by atoms with Crippen molar-refractivity contribution in [3.63, 3.8) is 0 Å². The number of rotatable bonds is 6. The molecule has 0 atom stereocenters. The molecule has 0 unspecified atom stereocenters. The van der Waals surface area contributed by atoms with Crippen LogP contribution in [0.4, 0.5) is 8.78 Å². The summed E-state index contributed by atoms with van der Waals surface area (Å²) in [4.78, 5) is 0. The number of hydrogen-bond acceptors (Lipinski definition) is 3. The third-order valence-corrected chi connectivity index (χ3v) is 3.47. The van der Waals surface area contributed by atoms with E-state index in [0.717, 1.165) is 31.2 Å². The van der Waals surface area contributed by atoms with Crippen LogP contribution in [0.1, 0.15) is 31.2 Å². The monoisotopic (exact) mass is 271 g/mol. The molecule has 0 heterocycles. The van der Waals surface area contributed by atoms with Gasteiger partial charge in [0, 0.05) is 13.1 Å². The Morgan fingerprint density at radius 1 is 1.21 bits per heavy atom. The van der Waals surface area contributed by atoms with Gasteiger partial charge >= 0.3 is 6.61 Å².